The van der Waals surface area contributed by atoms with Crippen LogP contribution in [0, 0.1) is 0 Å². The lowest BCUT2D eigenvalue weighted by molar-refractivity contribution is -0.126. The summed E-state index contributed by atoms with van der Waals surface area (Å²) in [6.07, 6.45) is 4.40. The molecule has 0 saturated heterocycles. The minimum absolute atomic E-state index is 0. The Morgan fingerprint density at radius 1 is 1.29 bits per heavy atom. The molecule has 6 heteroatoms. The molecule has 1 aliphatic rings. The fraction of sp³-hybridized carbons (Fsp3) is 0.556. The molecule has 2 rings (SSSR count). The minimum atomic E-state index is -0.717. The molecule has 1 unspecified atom stereocenters. The van der Waals surface area contributed by atoms with Gasteiger partial charge in [0.1, 0.15) is 0 Å². The predicted molar refractivity (Wildman–Crippen MR) is 98.1 cm³/mol. The summed E-state index contributed by atoms with van der Waals surface area (Å²) >= 11 is 0. The van der Waals surface area contributed by atoms with E-state index in [1.165, 1.54) is 0 Å². The molecule has 1 aromatic rings. The molecule has 1 atom stereocenters. The zero-order chi connectivity index (χ0) is 16.9. The molecule has 1 fully saturated rings. The Hall–Kier alpha value is -1.59. The van der Waals surface area contributed by atoms with Gasteiger partial charge in [0, 0.05) is 18.2 Å². The third-order valence-corrected chi connectivity index (χ3v) is 4.58. The molecule has 24 heavy (non-hydrogen) atoms. The van der Waals surface area contributed by atoms with Gasteiger partial charge in [0.05, 0.1) is 5.54 Å². The molecule has 4 N–H and O–H groups in total. The highest BCUT2D eigenvalue weighted by Gasteiger charge is 2.36. The molecule has 2 amide bonds. The number of nitrogens with two attached hydrogens (primary N) is 1. The van der Waals surface area contributed by atoms with Gasteiger partial charge in [-0.2, -0.15) is 0 Å². The summed E-state index contributed by atoms with van der Waals surface area (Å²) in [7, 11) is 0. The molecule has 0 aromatic heterocycles. The van der Waals surface area contributed by atoms with E-state index in [2.05, 4.69) is 10.6 Å². The van der Waals surface area contributed by atoms with E-state index in [-0.39, 0.29) is 30.3 Å². The van der Waals surface area contributed by atoms with Gasteiger partial charge in [-0.1, -0.05) is 31.9 Å². The van der Waals surface area contributed by atoms with E-state index in [0.717, 1.165) is 37.7 Å². The normalized spacial score (nSPS) is 16.8. The van der Waals surface area contributed by atoms with Crippen LogP contribution < -0.4 is 16.4 Å². The molecule has 0 spiro atoms. The van der Waals surface area contributed by atoms with Crippen LogP contribution in [0.5, 0.6) is 0 Å². The first kappa shape index (κ1) is 20.5. The second-order valence-electron chi connectivity index (χ2n) is 6.53. The quantitative estimate of drug-likeness (QED) is 0.734. The first-order valence-electron chi connectivity index (χ1n) is 8.41. The van der Waals surface area contributed by atoms with Crippen molar-refractivity contribution in [3.05, 3.63) is 35.4 Å². The van der Waals surface area contributed by atoms with Gasteiger partial charge < -0.3 is 16.4 Å². The van der Waals surface area contributed by atoms with Gasteiger partial charge >= 0.3 is 0 Å². The van der Waals surface area contributed by atoms with E-state index in [0.29, 0.717) is 12.1 Å². The van der Waals surface area contributed by atoms with E-state index < -0.39 is 5.54 Å². The molecular formula is C18H28ClN3O2. The number of hydrogen-bond donors (Lipinski definition) is 3. The van der Waals surface area contributed by atoms with Crippen molar-refractivity contribution < 1.29 is 9.59 Å². The van der Waals surface area contributed by atoms with Crippen LogP contribution in [0.4, 0.5) is 0 Å². The maximum Gasteiger partial charge on any atom is 0.251 e. The SMILES string of the molecule is CCC(C)NC(=O)c1cccc(CNC(=O)C2(N)CCCC2)c1.Cl. The molecule has 5 nitrogen and oxygen atoms in total. The van der Waals surface area contributed by atoms with Crippen LogP contribution in [0.2, 0.25) is 0 Å². The van der Waals surface area contributed by atoms with Crippen LogP contribution in [-0.4, -0.2) is 23.4 Å². The zero-order valence-electron chi connectivity index (χ0n) is 14.4. The maximum atomic E-state index is 12.2. The minimum Gasteiger partial charge on any atom is -0.350 e. The Labute approximate surface area is 150 Å². The molecule has 0 bridgehead atoms. The number of hydrogen-bond acceptors (Lipinski definition) is 3. The highest BCUT2D eigenvalue weighted by atomic mass is 35.5. The first-order valence-corrected chi connectivity index (χ1v) is 8.41. The van der Waals surface area contributed by atoms with Crippen molar-refractivity contribution in [1.29, 1.82) is 0 Å². The molecule has 0 heterocycles. The molecule has 1 aromatic carbocycles. The smallest absolute Gasteiger partial charge is 0.251 e. The van der Waals surface area contributed by atoms with Crippen molar-refractivity contribution in [2.24, 2.45) is 5.73 Å². The zero-order valence-corrected chi connectivity index (χ0v) is 15.2. The van der Waals surface area contributed by atoms with Gasteiger partial charge in [0.25, 0.3) is 5.91 Å². The summed E-state index contributed by atoms with van der Waals surface area (Å²) in [4.78, 5) is 24.4. The topological polar surface area (TPSA) is 84.2 Å². The molecule has 1 aliphatic carbocycles. The monoisotopic (exact) mass is 353 g/mol. The van der Waals surface area contributed by atoms with Gasteiger partial charge in [-0.3, -0.25) is 9.59 Å². The Balaban J connectivity index is 0.00000288. The number of nitrogens with one attached hydrogen (secondary N) is 2. The second-order valence-corrected chi connectivity index (χ2v) is 6.53. The highest BCUT2D eigenvalue weighted by Crippen LogP contribution is 2.27. The Morgan fingerprint density at radius 2 is 1.96 bits per heavy atom. The molecular weight excluding hydrogens is 326 g/mol. The van der Waals surface area contributed by atoms with Crippen LogP contribution in [-0.2, 0) is 11.3 Å². The van der Waals surface area contributed by atoms with Gasteiger partial charge in [0.2, 0.25) is 5.91 Å². The number of carbonyl (C=O) groups is 2. The van der Waals surface area contributed by atoms with E-state index in [4.69, 9.17) is 5.73 Å². The van der Waals surface area contributed by atoms with Crippen LogP contribution in [0.3, 0.4) is 0 Å². The van der Waals surface area contributed by atoms with Gasteiger partial charge in [-0.05, 0) is 43.9 Å². The van der Waals surface area contributed by atoms with Gasteiger partial charge in [-0.15, -0.1) is 12.4 Å². The van der Waals surface area contributed by atoms with E-state index in [9.17, 15) is 9.59 Å². The predicted octanol–water partition coefficient (Wildman–Crippen LogP) is 2.52. The second kappa shape index (κ2) is 9.04. The largest absolute Gasteiger partial charge is 0.350 e. The van der Waals surface area contributed by atoms with Crippen LogP contribution in [0.15, 0.2) is 24.3 Å². The van der Waals surface area contributed by atoms with Crippen molar-refractivity contribution >= 4 is 24.2 Å². The summed E-state index contributed by atoms with van der Waals surface area (Å²) in [6, 6.07) is 7.48. The third-order valence-electron chi connectivity index (χ3n) is 4.58. The van der Waals surface area contributed by atoms with Crippen molar-refractivity contribution in [1.82, 2.24) is 10.6 Å². The molecule has 1 saturated carbocycles. The lowest BCUT2D eigenvalue weighted by Crippen LogP contribution is -2.51. The summed E-state index contributed by atoms with van der Waals surface area (Å²) in [5.74, 6) is -0.178. The van der Waals surface area contributed by atoms with Gasteiger partial charge in [0.15, 0.2) is 0 Å². The van der Waals surface area contributed by atoms with Crippen LogP contribution in [0.1, 0.15) is 61.9 Å². The fourth-order valence-electron chi connectivity index (χ4n) is 2.82. The molecule has 0 radical (unpaired) electrons. The molecule has 0 aliphatic heterocycles. The van der Waals surface area contributed by atoms with Crippen LogP contribution in [0.25, 0.3) is 0 Å². The van der Waals surface area contributed by atoms with Gasteiger partial charge in [-0.25, -0.2) is 0 Å². The summed E-state index contributed by atoms with van der Waals surface area (Å²) in [5.41, 5.74) is 6.93. The Bertz CT molecular complexity index is 571. The van der Waals surface area contributed by atoms with E-state index in [1.807, 2.05) is 32.0 Å². The van der Waals surface area contributed by atoms with Crippen molar-refractivity contribution in [3.63, 3.8) is 0 Å². The van der Waals surface area contributed by atoms with E-state index >= 15 is 0 Å². The summed E-state index contributed by atoms with van der Waals surface area (Å²) in [6.45, 7) is 4.40. The first-order chi connectivity index (χ1) is 10.9. The fourth-order valence-corrected chi connectivity index (χ4v) is 2.82. The summed E-state index contributed by atoms with van der Waals surface area (Å²) < 4.78 is 0. The Morgan fingerprint density at radius 3 is 2.58 bits per heavy atom. The highest BCUT2D eigenvalue weighted by molar-refractivity contribution is 5.94. The number of rotatable bonds is 6. The maximum absolute atomic E-state index is 12.2. The van der Waals surface area contributed by atoms with Crippen molar-refractivity contribution in [3.8, 4) is 0 Å². The lowest BCUT2D eigenvalue weighted by atomic mass is 9.98. The average Bonchev–Trinajstić information content (AvgIpc) is 3.00. The summed E-state index contributed by atoms with van der Waals surface area (Å²) in [5, 5.41) is 5.85. The number of carbonyl (C=O) groups excluding carboxylic acids is 2. The third kappa shape index (κ3) is 5.21. The molecule has 134 valence electrons. The number of halogens is 1. The van der Waals surface area contributed by atoms with E-state index in [1.54, 1.807) is 6.07 Å². The number of benzene rings is 1. The van der Waals surface area contributed by atoms with Crippen molar-refractivity contribution in [2.75, 3.05) is 0 Å². The van der Waals surface area contributed by atoms with Crippen LogP contribution >= 0.6 is 12.4 Å². The standard InChI is InChI=1S/C18H27N3O2.ClH/c1-3-13(2)21-16(22)15-8-6-7-14(11-15)12-20-17(23)18(19)9-4-5-10-18;/h6-8,11,13H,3-5,9-10,12,19H2,1-2H3,(H,20,23)(H,21,22);1H. The number of amides is 2. The lowest BCUT2D eigenvalue weighted by Gasteiger charge is -2.22. The van der Waals surface area contributed by atoms with Crippen molar-refractivity contribution in [2.45, 2.75) is 64.1 Å². The Kier molecular flexibility index (Phi) is 7.70. The average molecular weight is 354 g/mol.